The Hall–Kier alpha value is -2.00. The second-order valence-corrected chi connectivity index (χ2v) is 19.4. The van der Waals surface area contributed by atoms with E-state index in [1.165, 1.54) is 6.42 Å². The molecule has 36 heavy (non-hydrogen) atoms. The van der Waals surface area contributed by atoms with Crippen LogP contribution in [0.5, 0.6) is 0 Å². The fourth-order valence-electron chi connectivity index (χ4n) is 7.31. The van der Waals surface area contributed by atoms with Crippen molar-refractivity contribution in [2.24, 2.45) is 11.8 Å². The van der Waals surface area contributed by atoms with Gasteiger partial charge in [-0.25, -0.2) is 0 Å². The molecule has 0 spiro atoms. The molecule has 192 valence electrons. The van der Waals surface area contributed by atoms with Crippen LogP contribution in [-0.2, 0) is 11.5 Å². The Bertz CT molecular complexity index is 1270. The van der Waals surface area contributed by atoms with Crippen LogP contribution in [0.2, 0.25) is 25.7 Å². The quantitative estimate of drug-likeness (QED) is 0.285. The largest absolute Gasteiger partial charge is 0.390 e. The molecule has 0 radical (unpaired) electrons. The second kappa shape index (κ2) is 8.79. The van der Waals surface area contributed by atoms with Gasteiger partial charge < -0.3 is 19.7 Å². The van der Waals surface area contributed by atoms with Gasteiger partial charge in [0.15, 0.2) is 0 Å². The topological polar surface area (TPSA) is 76.4 Å². The van der Waals surface area contributed by atoms with Crippen LogP contribution in [0.25, 0.3) is 21.3 Å². The maximum Gasteiger partial charge on any atom is 0.252 e. The summed E-state index contributed by atoms with van der Waals surface area (Å²) in [6.07, 6.45) is 9.54. The molecule has 1 amide bonds. The summed E-state index contributed by atoms with van der Waals surface area (Å²) in [6.45, 7) is 8.30. The Kier molecular flexibility index (Phi) is 5.94. The average Bonchev–Trinajstić information content (AvgIpc) is 3.43. The molecule has 2 heterocycles. The number of hydrogen-bond donors (Lipinski definition) is 2. The summed E-state index contributed by atoms with van der Waals surface area (Å²) in [4.78, 5) is 19.2. The van der Waals surface area contributed by atoms with Gasteiger partial charge in [0.05, 0.1) is 21.5 Å². The molecule has 6 nitrogen and oxygen atoms in total. The summed E-state index contributed by atoms with van der Waals surface area (Å²) in [5.74, 6) is 1.01. The average molecular weight is 524 g/mol. The lowest BCUT2D eigenvalue weighted by Gasteiger charge is -2.60. The van der Waals surface area contributed by atoms with E-state index in [1.807, 2.05) is 30.0 Å². The normalized spacial score (nSPS) is 29.2. The summed E-state index contributed by atoms with van der Waals surface area (Å²) >= 11 is 1.58. The van der Waals surface area contributed by atoms with Crippen molar-refractivity contribution >= 4 is 36.2 Å². The van der Waals surface area contributed by atoms with E-state index in [4.69, 9.17) is 4.74 Å². The van der Waals surface area contributed by atoms with Crippen LogP contribution in [0.4, 0.5) is 0 Å². The molecule has 4 saturated carbocycles. The van der Waals surface area contributed by atoms with E-state index in [0.717, 1.165) is 59.7 Å². The number of hydrogen-bond acceptors (Lipinski definition) is 5. The third-order valence-corrected chi connectivity index (χ3v) is 11.0. The highest BCUT2D eigenvalue weighted by Crippen LogP contribution is 2.57. The van der Waals surface area contributed by atoms with Crippen molar-refractivity contribution in [1.82, 2.24) is 14.9 Å². The third-order valence-electron chi connectivity index (χ3n) is 8.49. The molecule has 1 aromatic carbocycles. The number of thiazole rings is 1. The number of benzene rings is 1. The van der Waals surface area contributed by atoms with Crippen molar-refractivity contribution < 1.29 is 14.6 Å². The van der Waals surface area contributed by atoms with Crippen molar-refractivity contribution in [2.45, 2.75) is 82.1 Å². The Morgan fingerprint density at radius 1 is 1.25 bits per heavy atom. The summed E-state index contributed by atoms with van der Waals surface area (Å²) in [7, 11) is -1.15. The Labute approximate surface area is 218 Å². The highest BCUT2D eigenvalue weighted by Gasteiger charge is 2.57. The fourth-order valence-corrected chi connectivity index (χ4v) is 8.67. The lowest BCUT2D eigenvalue weighted by Crippen LogP contribution is -2.65. The number of ether oxygens (including phenoxy) is 1. The molecule has 0 saturated heterocycles. The van der Waals surface area contributed by atoms with Crippen LogP contribution in [-0.4, -0.2) is 46.4 Å². The Balaban J connectivity index is 1.31. The molecule has 3 aromatic rings. The number of aliphatic hydroxyl groups is 1. The molecule has 8 heteroatoms. The van der Waals surface area contributed by atoms with Gasteiger partial charge >= 0.3 is 0 Å². The number of nitrogens with one attached hydrogen (secondary N) is 1. The molecule has 0 aliphatic heterocycles. The first kappa shape index (κ1) is 24.3. The van der Waals surface area contributed by atoms with E-state index < -0.39 is 13.7 Å². The van der Waals surface area contributed by atoms with Crippen LogP contribution >= 0.6 is 11.3 Å². The summed E-state index contributed by atoms with van der Waals surface area (Å²) < 4.78 is 8.16. The van der Waals surface area contributed by atoms with Crippen molar-refractivity contribution in [3.05, 3.63) is 41.7 Å². The standard InChI is InChI=1S/C28H37N3O3SSi/c1-36(2,3)7-6-34-18-31-5-4-22-23(9-21(10-24(22)31)25-15-29-17-35-25)26(32)30-27-11-19-8-20(12-27)14-28(33,13-19)16-27/h4-5,9-10,15,17,19-20,33H,6-8,11-14,16,18H2,1-3H3,(H,30,32). The third kappa shape index (κ3) is 4.69. The molecule has 4 aliphatic carbocycles. The van der Waals surface area contributed by atoms with Crippen LogP contribution in [0.1, 0.15) is 48.9 Å². The van der Waals surface area contributed by atoms with E-state index in [-0.39, 0.29) is 11.4 Å². The Morgan fingerprint density at radius 2 is 2.03 bits per heavy atom. The zero-order valence-electron chi connectivity index (χ0n) is 21.5. The smallest absolute Gasteiger partial charge is 0.252 e. The summed E-state index contributed by atoms with van der Waals surface area (Å²) in [5, 5.41) is 15.6. The van der Waals surface area contributed by atoms with Gasteiger partial charge in [0, 0.05) is 43.6 Å². The predicted octanol–water partition coefficient (Wildman–Crippen LogP) is 5.89. The maximum absolute atomic E-state index is 13.9. The van der Waals surface area contributed by atoms with Crippen molar-refractivity contribution in [3.8, 4) is 10.4 Å². The highest BCUT2D eigenvalue weighted by atomic mass is 32.1. The zero-order valence-corrected chi connectivity index (χ0v) is 23.4. The van der Waals surface area contributed by atoms with Crippen LogP contribution in [0, 0.1) is 11.8 Å². The maximum atomic E-state index is 13.9. The number of rotatable bonds is 8. The minimum atomic E-state index is -1.15. The molecule has 2 N–H and O–H groups in total. The number of carbonyl (C=O) groups is 1. The molecule has 4 aliphatic rings. The minimum absolute atomic E-state index is 0.0330. The van der Waals surface area contributed by atoms with Gasteiger partial charge in [-0.05, 0) is 80.2 Å². The Morgan fingerprint density at radius 3 is 2.69 bits per heavy atom. The van der Waals surface area contributed by atoms with Gasteiger partial charge in [0.1, 0.15) is 6.73 Å². The molecule has 4 fully saturated rings. The van der Waals surface area contributed by atoms with E-state index in [2.05, 4.69) is 40.6 Å². The molecule has 2 unspecified atom stereocenters. The molecule has 2 aromatic heterocycles. The minimum Gasteiger partial charge on any atom is -0.390 e. The predicted molar refractivity (Wildman–Crippen MR) is 147 cm³/mol. The number of amides is 1. The lowest BCUT2D eigenvalue weighted by atomic mass is 9.51. The van der Waals surface area contributed by atoms with Crippen molar-refractivity contribution in [3.63, 3.8) is 0 Å². The molecular formula is C28H37N3O3SSi. The summed E-state index contributed by atoms with van der Waals surface area (Å²) in [5.41, 5.74) is 3.64. The molecular weight excluding hydrogens is 486 g/mol. The van der Waals surface area contributed by atoms with Crippen molar-refractivity contribution in [2.75, 3.05) is 6.61 Å². The van der Waals surface area contributed by atoms with Gasteiger partial charge in [0.25, 0.3) is 5.91 Å². The van der Waals surface area contributed by atoms with Crippen molar-refractivity contribution in [1.29, 1.82) is 0 Å². The first-order valence-corrected chi connectivity index (χ1v) is 17.8. The molecule has 2 atom stereocenters. The van der Waals surface area contributed by atoms with Gasteiger partial charge in [-0.15, -0.1) is 11.3 Å². The van der Waals surface area contributed by atoms with E-state index in [0.29, 0.717) is 30.6 Å². The first-order valence-electron chi connectivity index (χ1n) is 13.2. The van der Waals surface area contributed by atoms with Crippen LogP contribution < -0.4 is 5.32 Å². The van der Waals surface area contributed by atoms with E-state index in [9.17, 15) is 9.90 Å². The zero-order chi connectivity index (χ0) is 25.1. The fraction of sp³-hybridized carbons (Fsp3) is 0.571. The van der Waals surface area contributed by atoms with Gasteiger partial charge in [-0.1, -0.05) is 19.6 Å². The van der Waals surface area contributed by atoms with Gasteiger partial charge in [-0.3, -0.25) is 9.78 Å². The van der Waals surface area contributed by atoms with E-state index in [1.54, 1.807) is 11.3 Å². The number of aromatic nitrogens is 2. The second-order valence-electron chi connectivity index (χ2n) is 12.9. The monoisotopic (exact) mass is 523 g/mol. The first-order chi connectivity index (χ1) is 17.1. The van der Waals surface area contributed by atoms with Gasteiger partial charge in [0.2, 0.25) is 0 Å². The highest BCUT2D eigenvalue weighted by molar-refractivity contribution is 7.13. The molecule has 7 rings (SSSR count). The van der Waals surface area contributed by atoms with Crippen LogP contribution in [0.3, 0.4) is 0 Å². The number of carbonyl (C=O) groups excluding carboxylic acids is 1. The number of fused-ring (bicyclic) bond motifs is 1. The lowest BCUT2D eigenvalue weighted by molar-refractivity contribution is -0.139. The number of nitrogens with zero attached hydrogens (tertiary/aromatic N) is 2. The van der Waals surface area contributed by atoms with Crippen LogP contribution in [0.15, 0.2) is 36.1 Å². The molecule has 4 bridgehead atoms. The SMILES string of the molecule is C[Si](C)(C)CCOCn1ccc2c(C(=O)NC34CC5CC(CC(O)(C5)C3)C4)cc(-c3cncs3)cc21. The van der Waals surface area contributed by atoms with E-state index >= 15 is 0 Å². The summed E-state index contributed by atoms with van der Waals surface area (Å²) in [6, 6.07) is 7.32. The van der Waals surface area contributed by atoms with Gasteiger partial charge in [-0.2, -0.15) is 0 Å².